The number of tetrazole rings is 1. The second-order valence-corrected chi connectivity index (χ2v) is 8.87. The second-order valence-electron chi connectivity index (χ2n) is 8.87. The molecule has 2 fully saturated rings. The van der Waals surface area contributed by atoms with Crippen LogP contribution in [-0.4, -0.2) is 45.2 Å². The number of nitrogens with zero attached hydrogens (tertiary/aromatic N) is 4. The van der Waals surface area contributed by atoms with E-state index in [0.29, 0.717) is 11.9 Å². The smallest absolute Gasteiger partial charge is 0.243 e. The molecule has 1 amide bonds. The minimum atomic E-state index is -0.0325. The van der Waals surface area contributed by atoms with Crippen molar-refractivity contribution in [2.24, 2.45) is 5.92 Å². The number of aromatic nitrogens is 4. The Kier molecular flexibility index (Phi) is 6.54. The van der Waals surface area contributed by atoms with Crippen LogP contribution in [0.1, 0.15) is 57.4 Å². The summed E-state index contributed by atoms with van der Waals surface area (Å²) in [5.41, 5.74) is 2.28. The first-order valence-electron chi connectivity index (χ1n) is 11.2. The van der Waals surface area contributed by atoms with Gasteiger partial charge in [-0.25, -0.2) is 0 Å². The van der Waals surface area contributed by atoms with Crippen molar-refractivity contribution < 1.29 is 9.69 Å². The highest BCUT2D eigenvalue weighted by Crippen LogP contribution is 2.17. The summed E-state index contributed by atoms with van der Waals surface area (Å²) in [6, 6.07) is 8.75. The van der Waals surface area contributed by atoms with Crippen LogP contribution in [0.4, 0.5) is 0 Å². The maximum absolute atomic E-state index is 12.2. The zero-order chi connectivity index (χ0) is 20.1. The molecular formula is C22H33N6O+. The first-order valence-corrected chi connectivity index (χ1v) is 11.2. The number of amides is 1. The van der Waals surface area contributed by atoms with Crippen LogP contribution in [0.15, 0.2) is 24.3 Å². The fourth-order valence-electron chi connectivity index (χ4n) is 4.69. The van der Waals surface area contributed by atoms with Crippen molar-refractivity contribution >= 4 is 5.91 Å². The number of nitrogens with one attached hydrogen (secondary N) is 2. The van der Waals surface area contributed by atoms with Gasteiger partial charge in [0, 0.05) is 23.1 Å². The van der Waals surface area contributed by atoms with Crippen molar-refractivity contribution in [3.05, 3.63) is 29.8 Å². The predicted molar refractivity (Wildman–Crippen MR) is 111 cm³/mol. The Bertz CT molecular complexity index is 796. The Morgan fingerprint density at radius 2 is 1.93 bits per heavy atom. The standard InChI is InChI=1S/C22H32N6O/c1-17-6-5-13-27(14-17)15-18-9-11-19(12-10-18)22-24-26-28(25-22)16-21(29)23-20-7-3-2-4-8-20/h9-12,17,20H,2-8,13-16H2,1H3,(H,23,29)/p+1/t17-/m1/s1. The lowest BCUT2D eigenvalue weighted by Gasteiger charge is -2.27. The first-order chi connectivity index (χ1) is 14.2. The van der Waals surface area contributed by atoms with E-state index < -0.39 is 0 Å². The van der Waals surface area contributed by atoms with Crippen molar-refractivity contribution in [2.45, 2.75) is 71.0 Å². The van der Waals surface area contributed by atoms with Gasteiger partial charge in [0.2, 0.25) is 11.7 Å². The molecule has 2 aromatic rings. The highest BCUT2D eigenvalue weighted by Gasteiger charge is 2.20. The van der Waals surface area contributed by atoms with Crippen molar-refractivity contribution in [2.75, 3.05) is 13.1 Å². The van der Waals surface area contributed by atoms with E-state index in [1.54, 1.807) is 4.90 Å². The molecule has 1 aliphatic heterocycles. The van der Waals surface area contributed by atoms with Gasteiger partial charge in [0.1, 0.15) is 13.1 Å². The third kappa shape index (κ3) is 5.63. The summed E-state index contributed by atoms with van der Waals surface area (Å²) in [6.45, 7) is 6.09. The van der Waals surface area contributed by atoms with E-state index >= 15 is 0 Å². The Morgan fingerprint density at radius 3 is 2.69 bits per heavy atom. The SMILES string of the molecule is C[C@@H]1CCC[NH+](Cc2ccc(-c3nnn(CC(=O)NC4CCCCC4)n3)cc2)C1. The van der Waals surface area contributed by atoms with Gasteiger partial charge in [0.05, 0.1) is 13.1 Å². The van der Waals surface area contributed by atoms with Crippen LogP contribution in [-0.2, 0) is 17.9 Å². The third-order valence-corrected chi connectivity index (χ3v) is 6.24. The number of piperidine rings is 1. The highest BCUT2D eigenvalue weighted by molar-refractivity contribution is 5.75. The van der Waals surface area contributed by atoms with Gasteiger partial charge in [-0.05, 0) is 30.9 Å². The summed E-state index contributed by atoms with van der Waals surface area (Å²) in [7, 11) is 0. The molecule has 2 N–H and O–H groups in total. The van der Waals surface area contributed by atoms with E-state index in [9.17, 15) is 4.79 Å². The summed E-state index contributed by atoms with van der Waals surface area (Å²) in [5.74, 6) is 1.36. The summed E-state index contributed by atoms with van der Waals surface area (Å²) in [5, 5.41) is 15.7. The summed E-state index contributed by atoms with van der Waals surface area (Å²) in [4.78, 5) is 15.3. The van der Waals surface area contributed by atoms with Gasteiger partial charge < -0.3 is 10.2 Å². The average Bonchev–Trinajstić information content (AvgIpc) is 3.17. The number of hydrogen-bond acceptors (Lipinski definition) is 4. The lowest BCUT2D eigenvalue weighted by Crippen LogP contribution is -3.12. The molecule has 1 saturated carbocycles. The van der Waals surface area contributed by atoms with Gasteiger partial charge >= 0.3 is 0 Å². The normalized spacial score (nSPS) is 23.1. The molecule has 0 spiro atoms. The number of quaternary nitrogens is 1. The average molecular weight is 398 g/mol. The lowest BCUT2D eigenvalue weighted by molar-refractivity contribution is -0.922. The van der Waals surface area contributed by atoms with Crippen LogP contribution in [0.25, 0.3) is 11.4 Å². The lowest BCUT2D eigenvalue weighted by atomic mass is 9.95. The summed E-state index contributed by atoms with van der Waals surface area (Å²) in [6.07, 6.45) is 8.52. The summed E-state index contributed by atoms with van der Waals surface area (Å²) >= 11 is 0. The molecule has 0 bridgehead atoms. The Balaban J connectivity index is 1.31. The molecule has 1 aromatic heterocycles. The molecule has 1 saturated heterocycles. The van der Waals surface area contributed by atoms with Crippen LogP contribution >= 0.6 is 0 Å². The van der Waals surface area contributed by atoms with Gasteiger partial charge in [-0.2, -0.15) is 4.80 Å². The molecule has 1 unspecified atom stereocenters. The Labute approximate surface area is 172 Å². The number of carbonyl (C=O) groups is 1. The largest absolute Gasteiger partial charge is 0.352 e. The fourth-order valence-corrected chi connectivity index (χ4v) is 4.69. The minimum Gasteiger partial charge on any atom is -0.352 e. The molecular weight excluding hydrogens is 364 g/mol. The second kappa shape index (κ2) is 9.48. The molecule has 2 atom stereocenters. The van der Waals surface area contributed by atoms with Crippen molar-refractivity contribution in [1.29, 1.82) is 0 Å². The molecule has 2 heterocycles. The number of rotatable bonds is 6. The highest BCUT2D eigenvalue weighted by atomic mass is 16.2. The van der Waals surface area contributed by atoms with Crippen molar-refractivity contribution in [1.82, 2.24) is 25.5 Å². The van der Waals surface area contributed by atoms with E-state index in [1.807, 2.05) is 0 Å². The quantitative estimate of drug-likeness (QED) is 0.776. The van der Waals surface area contributed by atoms with Gasteiger partial charge in [0.15, 0.2) is 0 Å². The fraction of sp³-hybridized carbons (Fsp3) is 0.636. The molecule has 7 heteroatoms. The van der Waals surface area contributed by atoms with Crippen LogP contribution < -0.4 is 10.2 Å². The van der Waals surface area contributed by atoms with Crippen LogP contribution in [0.2, 0.25) is 0 Å². The van der Waals surface area contributed by atoms with Crippen molar-refractivity contribution in [3.63, 3.8) is 0 Å². The molecule has 29 heavy (non-hydrogen) atoms. The van der Waals surface area contributed by atoms with Gasteiger partial charge in [-0.3, -0.25) is 4.79 Å². The van der Waals surface area contributed by atoms with E-state index in [1.165, 1.54) is 55.6 Å². The number of likely N-dealkylation sites (tertiary alicyclic amines) is 1. The third-order valence-electron chi connectivity index (χ3n) is 6.24. The predicted octanol–water partition coefficient (Wildman–Crippen LogP) is 1.60. The van der Waals surface area contributed by atoms with E-state index in [2.05, 4.69) is 51.9 Å². The van der Waals surface area contributed by atoms with E-state index in [0.717, 1.165) is 30.9 Å². The van der Waals surface area contributed by atoms with E-state index in [-0.39, 0.29) is 12.5 Å². The molecule has 0 radical (unpaired) electrons. The number of benzene rings is 1. The van der Waals surface area contributed by atoms with Crippen LogP contribution in [0.3, 0.4) is 0 Å². The van der Waals surface area contributed by atoms with Crippen LogP contribution in [0.5, 0.6) is 0 Å². The molecule has 1 aliphatic carbocycles. The molecule has 4 rings (SSSR count). The van der Waals surface area contributed by atoms with Gasteiger partial charge in [0.25, 0.3) is 0 Å². The maximum atomic E-state index is 12.2. The van der Waals surface area contributed by atoms with Crippen LogP contribution in [0, 0.1) is 5.92 Å². The van der Waals surface area contributed by atoms with E-state index in [4.69, 9.17) is 0 Å². The summed E-state index contributed by atoms with van der Waals surface area (Å²) < 4.78 is 0. The number of hydrogen-bond donors (Lipinski definition) is 2. The molecule has 7 nitrogen and oxygen atoms in total. The Hall–Kier alpha value is -2.28. The monoisotopic (exact) mass is 397 g/mol. The Morgan fingerprint density at radius 1 is 1.14 bits per heavy atom. The van der Waals surface area contributed by atoms with Crippen molar-refractivity contribution in [3.8, 4) is 11.4 Å². The molecule has 2 aliphatic rings. The minimum absolute atomic E-state index is 0.0325. The van der Waals surface area contributed by atoms with Gasteiger partial charge in [-0.15, -0.1) is 10.2 Å². The zero-order valence-electron chi connectivity index (χ0n) is 17.4. The first kappa shape index (κ1) is 20.0. The zero-order valence-corrected chi connectivity index (χ0v) is 17.4. The maximum Gasteiger partial charge on any atom is 0.243 e. The topological polar surface area (TPSA) is 77.1 Å². The molecule has 156 valence electrons. The van der Waals surface area contributed by atoms with Gasteiger partial charge in [-0.1, -0.05) is 50.5 Å². The molecule has 1 aromatic carbocycles. The number of carbonyl (C=O) groups excluding carboxylic acids is 1.